The molecule has 0 aliphatic rings. The van der Waals surface area contributed by atoms with Crippen LogP contribution in [0.2, 0.25) is 0 Å². The molecule has 0 spiro atoms. The van der Waals surface area contributed by atoms with Crippen LogP contribution in [-0.2, 0) is 11.3 Å². The Labute approximate surface area is 131 Å². The molecule has 1 rings (SSSR count). The molecule has 0 aliphatic heterocycles. The molecule has 1 aromatic carbocycles. The molecule has 1 atom stereocenters. The van der Waals surface area contributed by atoms with Crippen molar-refractivity contribution in [1.82, 2.24) is 10.6 Å². The summed E-state index contributed by atoms with van der Waals surface area (Å²) in [6.45, 7) is 5.69. The van der Waals surface area contributed by atoms with Gasteiger partial charge in [-0.15, -0.1) is 0 Å². The Morgan fingerprint density at radius 1 is 1.44 bits per heavy atom. The van der Waals surface area contributed by atoms with E-state index in [2.05, 4.69) is 74.3 Å². The molecule has 2 N–H and O–H groups in total. The highest BCUT2D eigenvalue weighted by molar-refractivity contribution is 14.1. The maximum absolute atomic E-state index is 4.99. The Morgan fingerprint density at radius 2 is 2.22 bits per heavy atom. The van der Waals surface area contributed by atoms with E-state index >= 15 is 0 Å². The lowest BCUT2D eigenvalue weighted by Gasteiger charge is -2.15. The van der Waals surface area contributed by atoms with Gasteiger partial charge < -0.3 is 15.4 Å². The highest BCUT2D eigenvalue weighted by Gasteiger charge is 2.04. The minimum absolute atomic E-state index is 0.441. The van der Waals surface area contributed by atoms with Gasteiger partial charge in [-0.25, -0.2) is 0 Å². The van der Waals surface area contributed by atoms with Crippen LogP contribution in [-0.4, -0.2) is 32.8 Å². The van der Waals surface area contributed by atoms with Gasteiger partial charge in [0.1, 0.15) is 0 Å². The van der Waals surface area contributed by atoms with Gasteiger partial charge in [-0.3, -0.25) is 0 Å². The predicted molar refractivity (Wildman–Crippen MR) is 87.9 cm³/mol. The molecular weight excluding hydrogens is 407 g/mol. The molecule has 0 aromatic heterocycles. The number of hydrogen-bond donors (Lipinski definition) is 2. The Hall–Kier alpha value is 0.310. The first-order valence-corrected chi connectivity index (χ1v) is 7.87. The fourth-order valence-electron chi connectivity index (χ4n) is 1.53. The van der Waals surface area contributed by atoms with Crippen molar-refractivity contribution in [1.29, 1.82) is 0 Å². The van der Waals surface area contributed by atoms with Gasteiger partial charge in [-0.1, -0.05) is 15.9 Å². The third-order valence-corrected chi connectivity index (χ3v) is 4.13. The Balaban J connectivity index is 2.29. The van der Waals surface area contributed by atoms with E-state index in [9.17, 15) is 0 Å². The molecule has 0 radical (unpaired) electrons. The molecule has 1 unspecified atom stereocenters. The van der Waals surface area contributed by atoms with Crippen LogP contribution in [0.4, 0.5) is 0 Å². The topological polar surface area (TPSA) is 33.3 Å². The molecule has 0 saturated heterocycles. The van der Waals surface area contributed by atoms with Gasteiger partial charge >= 0.3 is 0 Å². The molecule has 102 valence electrons. The maximum atomic E-state index is 4.99. The number of benzene rings is 1. The fraction of sp³-hybridized carbons (Fsp3) is 0.538. The summed E-state index contributed by atoms with van der Waals surface area (Å²) in [6.07, 6.45) is 0. The van der Waals surface area contributed by atoms with Gasteiger partial charge in [0.2, 0.25) is 0 Å². The SMILES string of the molecule is COCCNCC(C)NCc1cc(Br)ccc1I. The zero-order valence-electron chi connectivity index (χ0n) is 10.8. The number of halogens is 2. The van der Waals surface area contributed by atoms with E-state index in [1.54, 1.807) is 7.11 Å². The van der Waals surface area contributed by atoms with Gasteiger partial charge in [0.05, 0.1) is 6.61 Å². The quantitative estimate of drug-likeness (QED) is 0.495. The van der Waals surface area contributed by atoms with Crippen molar-refractivity contribution >= 4 is 38.5 Å². The summed E-state index contributed by atoms with van der Waals surface area (Å²) in [5, 5.41) is 6.86. The highest BCUT2D eigenvalue weighted by Crippen LogP contribution is 2.18. The van der Waals surface area contributed by atoms with Gasteiger partial charge in [0.15, 0.2) is 0 Å². The number of rotatable bonds is 8. The van der Waals surface area contributed by atoms with Crippen molar-refractivity contribution in [2.45, 2.75) is 19.5 Å². The third-order valence-electron chi connectivity index (χ3n) is 2.58. The van der Waals surface area contributed by atoms with E-state index in [1.807, 2.05) is 0 Å². The van der Waals surface area contributed by atoms with E-state index in [0.29, 0.717) is 6.04 Å². The molecule has 0 amide bonds. The second kappa shape index (κ2) is 9.25. The number of ether oxygens (including phenoxy) is 1. The Bertz CT molecular complexity index is 363. The second-order valence-corrected chi connectivity index (χ2v) is 6.29. The van der Waals surface area contributed by atoms with Crippen LogP contribution >= 0.6 is 38.5 Å². The lowest BCUT2D eigenvalue weighted by Crippen LogP contribution is -2.37. The maximum Gasteiger partial charge on any atom is 0.0587 e. The monoisotopic (exact) mass is 426 g/mol. The molecule has 0 heterocycles. The predicted octanol–water partition coefficient (Wildman–Crippen LogP) is 2.77. The summed E-state index contributed by atoms with van der Waals surface area (Å²) in [5.74, 6) is 0. The second-order valence-electron chi connectivity index (χ2n) is 4.21. The van der Waals surface area contributed by atoms with Crippen LogP contribution in [0.25, 0.3) is 0 Å². The van der Waals surface area contributed by atoms with E-state index in [1.165, 1.54) is 9.13 Å². The Kier molecular flexibility index (Phi) is 8.41. The minimum atomic E-state index is 0.441. The summed E-state index contributed by atoms with van der Waals surface area (Å²) >= 11 is 5.88. The Morgan fingerprint density at radius 3 is 2.94 bits per heavy atom. The zero-order chi connectivity index (χ0) is 13.4. The van der Waals surface area contributed by atoms with Crippen LogP contribution in [0.15, 0.2) is 22.7 Å². The van der Waals surface area contributed by atoms with Crippen molar-refractivity contribution < 1.29 is 4.74 Å². The van der Waals surface area contributed by atoms with Crippen molar-refractivity contribution in [3.8, 4) is 0 Å². The van der Waals surface area contributed by atoms with Gasteiger partial charge in [0, 0.05) is 40.8 Å². The number of methoxy groups -OCH3 is 1. The average Bonchev–Trinajstić information content (AvgIpc) is 2.36. The van der Waals surface area contributed by atoms with E-state index in [0.717, 1.165) is 30.7 Å². The average molecular weight is 427 g/mol. The molecule has 18 heavy (non-hydrogen) atoms. The highest BCUT2D eigenvalue weighted by atomic mass is 127. The lowest BCUT2D eigenvalue weighted by atomic mass is 10.2. The summed E-state index contributed by atoms with van der Waals surface area (Å²) in [5.41, 5.74) is 1.33. The largest absolute Gasteiger partial charge is 0.383 e. The molecule has 5 heteroatoms. The molecule has 0 saturated carbocycles. The molecule has 3 nitrogen and oxygen atoms in total. The van der Waals surface area contributed by atoms with E-state index in [-0.39, 0.29) is 0 Å². The summed E-state index contributed by atoms with van der Waals surface area (Å²) in [6, 6.07) is 6.81. The normalized spacial score (nSPS) is 12.7. The molecular formula is C13H20BrIN2O. The molecule has 0 bridgehead atoms. The van der Waals surface area contributed by atoms with Gasteiger partial charge in [0.25, 0.3) is 0 Å². The number of nitrogens with one attached hydrogen (secondary N) is 2. The van der Waals surface area contributed by atoms with E-state index in [4.69, 9.17) is 4.74 Å². The number of hydrogen-bond acceptors (Lipinski definition) is 3. The van der Waals surface area contributed by atoms with Crippen molar-refractivity contribution in [2.24, 2.45) is 0 Å². The third kappa shape index (κ3) is 6.47. The smallest absolute Gasteiger partial charge is 0.0587 e. The first-order valence-electron chi connectivity index (χ1n) is 6.00. The van der Waals surface area contributed by atoms with Crippen LogP contribution in [0, 0.1) is 3.57 Å². The first-order chi connectivity index (χ1) is 8.63. The van der Waals surface area contributed by atoms with Gasteiger partial charge in [-0.2, -0.15) is 0 Å². The molecule has 0 fully saturated rings. The van der Waals surface area contributed by atoms with Crippen molar-refractivity contribution in [2.75, 3.05) is 26.8 Å². The minimum Gasteiger partial charge on any atom is -0.383 e. The van der Waals surface area contributed by atoms with Crippen LogP contribution in [0.1, 0.15) is 12.5 Å². The van der Waals surface area contributed by atoms with Crippen LogP contribution < -0.4 is 10.6 Å². The fourth-order valence-corrected chi connectivity index (χ4v) is 2.46. The molecule has 0 aliphatic carbocycles. The lowest BCUT2D eigenvalue weighted by molar-refractivity contribution is 0.198. The standard InChI is InChI=1S/C13H20BrIN2O/c1-10(8-16-5-6-18-2)17-9-11-7-12(14)3-4-13(11)15/h3-4,7,10,16-17H,5-6,8-9H2,1-2H3. The zero-order valence-corrected chi connectivity index (χ0v) is 14.5. The van der Waals surface area contributed by atoms with E-state index < -0.39 is 0 Å². The van der Waals surface area contributed by atoms with Crippen molar-refractivity contribution in [3.63, 3.8) is 0 Å². The molecule has 1 aromatic rings. The summed E-state index contributed by atoms with van der Waals surface area (Å²) in [7, 11) is 1.72. The first kappa shape index (κ1) is 16.4. The summed E-state index contributed by atoms with van der Waals surface area (Å²) in [4.78, 5) is 0. The summed E-state index contributed by atoms with van der Waals surface area (Å²) < 4.78 is 7.42. The van der Waals surface area contributed by atoms with Crippen LogP contribution in [0.5, 0.6) is 0 Å². The van der Waals surface area contributed by atoms with Crippen molar-refractivity contribution in [3.05, 3.63) is 31.8 Å². The van der Waals surface area contributed by atoms with Crippen LogP contribution in [0.3, 0.4) is 0 Å². The van der Waals surface area contributed by atoms with Gasteiger partial charge in [-0.05, 0) is 53.3 Å².